The van der Waals surface area contributed by atoms with Gasteiger partial charge in [-0.1, -0.05) is 17.7 Å². The molecule has 0 aromatic heterocycles. The van der Waals surface area contributed by atoms with Crippen LogP contribution in [0.2, 0.25) is 5.02 Å². The van der Waals surface area contributed by atoms with E-state index in [1.807, 2.05) is 0 Å². The van der Waals surface area contributed by atoms with Gasteiger partial charge in [0.25, 0.3) is 0 Å². The summed E-state index contributed by atoms with van der Waals surface area (Å²) in [6.07, 6.45) is -0.799. The summed E-state index contributed by atoms with van der Waals surface area (Å²) in [5.41, 5.74) is 0.488. The third-order valence-electron chi connectivity index (χ3n) is 2.86. The van der Waals surface area contributed by atoms with E-state index in [0.29, 0.717) is 21.5 Å². The SMILES string of the molecule is COc1cccc(Oc2cc(F)c(Cl)cc2Br)c1C(C)O. The second-order valence-electron chi connectivity index (χ2n) is 4.35. The maximum atomic E-state index is 13.6. The molecule has 1 atom stereocenters. The molecule has 2 aromatic rings. The van der Waals surface area contributed by atoms with Gasteiger partial charge in [-0.25, -0.2) is 4.39 Å². The average molecular weight is 376 g/mol. The van der Waals surface area contributed by atoms with E-state index in [-0.39, 0.29) is 10.8 Å². The summed E-state index contributed by atoms with van der Waals surface area (Å²) in [6, 6.07) is 7.70. The molecule has 1 unspecified atom stereocenters. The maximum absolute atomic E-state index is 13.6. The fourth-order valence-corrected chi connectivity index (χ4v) is 2.62. The summed E-state index contributed by atoms with van der Waals surface area (Å²) in [6.45, 7) is 1.60. The molecule has 0 heterocycles. The van der Waals surface area contributed by atoms with Crippen molar-refractivity contribution in [2.45, 2.75) is 13.0 Å². The second kappa shape index (κ2) is 6.64. The van der Waals surface area contributed by atoms with Crippen LogP contribution in [0.15, 0.2) is 34.8 Å². The van der Waals surface area contributed by atoms with Crippen LogP contribution in [0.3, 0.4) is 0 Å². The third-order valence-corrected chi connectivity index (χ3v) is 3.77. The van der Waals surface area contributed by atoms with Crippen LogP contribution in [0.1, 0.15) is 18.6 Å². The number of aliphatic hydroxyl groups is 1. The van der Waals surface area contributed by atoms with Crippen molar-refractivity contribution in [3.05, 3.63) is 51.2 Å². The summed E-state index contributed by atoms with van der Waals surface area (Å²) in [5.74, 6) is 0.545. The minimum atomic E-state index is -0.799. The molecule has 6 heteroatoms. The Morgan fingerprint density at radius 2 is 1.90 bits per heavy atom. The normalized spacial score (nSPS) is 12.1. The van der Waals surface area contributed by atoms with E-state index in [2.05, 4.69) is 15.9 Å². The molecule has 2 aromatic carbocycles. The topological polar surface area (TPSA) is 38.7 Å². The van der Waals surface area contributed by atoms with Crippen molar-refractivity contribution in [1.29, 1.82) is 0 Å². The fraction of sp³-hybridized carbons (Fsp3) is 0.200. The summed E-state index contributed by atoms with van der Waals surface area (Å²) < 4.78 is 25.0. The highest BCUT2D eigenvalue weighted by Crippen LogP contribution is 2.39. The van der Waals surface area contributed by atoms with Crippen LogP contribution in [0, 0.1) is 5.82 Å². The first-order chi connectivity index (χ1) is 9.93. The predicted octanol–water partition coefficient (Wildman–Crippen LogP) is 5.10. The van der Waals surface area contributed by atoms with Crippen molar-refractivity contribution in [3.8, 4) is 17.2 Å². The number of hydrogen-bond donors (Lipinski definition) is 1. The van der Waals surface area contributed by atoms with Crippen LogP contribution in [0.5, 0.6) is 17.2 Å². The minimum absolute atomic E-state index is 0.00406. The van der Waals surface area contributed by atoms with Gasteiger partial charge in [0.15, 0.2) is 0 Å². The van der Waals surface area contributed by atoms with Crippen molar-refractivity contribution in [3.63, 3.8) is 0 Å². The number of benzene rings is 2. The highest BCUT2D eigenvalue weighted by molar-refractivity contribution is 9.10. The van der Waals surface area contributed by atoms with E-state index in [9.17, 15) is 9.50 Å². The van der Waals surface area contributed by atoms with E-state index in [4.69, 9.17) is 21.1 Å². The number of methoxy groups -OCH3 is 1. The molecule has 0 aliphatic rings. The summed E-state index contributed by atoms with van der Waals surface area (Å²) >= 11 is 8.96. The van der Waals surface area contributed by atoms with Gasteiger partial charge in [-0.3, -0.25) is 0 Å². The molecule has 0 spiro atoms. The molecule has 0 radical (unpaired) electrons. The van der Waals surface area contributed by atoms with Crippen LogP contribution in [0.4, 0.5) is 4.39 Å². The largest absolute Gasteiger partial charge is 0.496 e. The molecular weight excluding hydrogens is 363 g/mol. The lowest BCUT2D eigenvalue weighted by Crippen LogP contribution is -2.00. The van der Waals surface area contributed by atoms with Crippen LogP contribution in [0.25, 0.3) is 0 Å². The predicted molar refractivity (Wildman–Crippen MR) is 82.8 cm³/mol. The summed E-state index contributed by atoms with van der Waals surface area (Å²) in [4.78, 5) is 0. The molecule has 0 bridgehead atoms. The van der Waals surface area contributed by atoms with Crippen molar-refractivity contribution >= 4 is 27.5 Å². The highest BCUT2D eigenvalue weighted by atomic mass is 79.9. The molecule has 0 saturated carbocycles. The molecule has 0 saturated heterocycles. The lowest BCUT2D eigenvalue weighted by atomic mass is 10.1. The number of rotatable bonds is 4. The second-order valence-corrected chi connectivity index (χ2v) is 5.61. The fourth-order valence-electron chi connectivity index (χ4n) is 1.90. The Bertz CT molecular complexity index is 662. The van der Waals surface area contributed by atoms with Crippen molar-refractivity contribution < 1.29 is 19.0 Å². The van der Waals surface area contributed by atoms with Gasteiger partial charge in [-0.05, 0) is 41.1 Å². The minimum Gasteiger partial charge on any atom is -0.496 e. The van der Waals surface area contributed by atoms with Crippen molar-refractivity contribution in [1.82, 2.24) is 0 Å². The molecule has 21 heavy (non-hydrogen) atoms. The van der Waals surface area contributed by atoms with E-state index in [0.717, 1.165) is 0 Å². The first kappa shape index (κ1) is 16.1. The van der Waals surface area contributed by atoms with E-state index >= 15 is 0 Å². The molecule has 3 nitrogen and oxygen atoms in total. The van der Waals surface area contributed by atoms with Crippen LogP contribution in [-0.2, 0) is 0 Å². The van der Waals surface area contributed by atoms with Gasteiger partial charge in [0.1, 0.15) is 23.1 Å². The quantitative estimate of drug-likeness (QED) is 0.756. The standard InChI is InChI=1S/C15H13BrClFO3/c1-8(19)15-12(20-2)4-3-5-13(15)21-14-7-11(18)10(17)6-9(14)16/h3-8,19H,1-2H3. The number of aliphatic hydroxyl groups excluding tert-OH is 1. The van der Waals surface area contributed by atoms with Gasteiger partial charge >= 0.3 is 0 Å². The molecule has 0 aliphatic heterocycles. The van der Waals surface area contributed by atoms with E-state index < -0.39 is 11.9 Å². The molecule has 0 fully saturated rings. The average Bonchev–Trinajstić information content (AvgIpc) is 2.44. The van der Waals surface area contributed by atoms with Gasteiger partial charge in [0.2, 0.25) is 0 Å². The first-order valence-electron chi connectivity index (χ1n) is 6.11. The lowest BCUT2D eigenvalue weighted by Gasteiger charge is -2.17. The molecular formula is C15H13BrClFO3. The third kappa shape index (κ3) is 3.48. The number of halogens is 3. The van der Waals surface area contributed by atoms with Crippen molar-refractivity contribution in [2.75, 3.05) is 7.11 Å². The van der Waals surface area contributed by atoms with E-state index in [1.165, 1.54) is 19.2 Å². The smallest absolute Gasteiger partial charge is 0.145 e. The van der Waals surface area contributed by atoms with Gasteiger partial charge in [-0.15, -0.1) is 0 Å². The Morgan fingerprint density at radius 3 is 2.52 bits per heavy atom. The lowest BCUT2D eigenvalue weighted by molar-refractivity contribution is 0.190. The zero-order valence-corrected chi connectivity index (χ0v) is 13.7. The zero-order valence-electron chi connectivity index (χ0n) is 11.4. The van der Waals surface area contributed by atoms with Crippen LogP contribution >= 0.6 is 27.5 Å². The van der Waals surface area contributed by atoms with Crippen molar-refractivity contribution in [2.24, 2.45) is 0 Å². The van der Waals surface area contributed by atoms with E-state index in [1.54, 1.807) is 25.1 Å². The summed E-state index contributed by atoms with van der Waals surface area (Å²) in [5, 5.41) is 9.89. The summed E-state index contributed by atoms with van der Waals surface area (Å²) in [7, 11) is 1.50. The Kier molecular flexibility index (Phi) is 5.08. The van der Waals surface area contributed by atoms with Crippen LogP contribution < -0.4 is 9.47 Å². The number of hydrogen-bond acceptors (Lipinski definition) is 3. The Labute approximate surface area is 135 Å². The van der Waals surface area contributed by atoms with Gasteiger partial charge in [0, 0.05) is 6.07 Å². The van der Waals surface area contributed by atoms with Crippen LogP contribution in [-0.4, -0.2) is 12.2 Å². The molecule has 0 aliphatic carbocycles. The monoisotopic (exact) mass is 374 g/mol. The highest BCUT2D eigenvalue weighted by Gasteiger charge is 2.17. The van der Waals surface area contributed by atoms with Gasteiger partial charge in [-0.2, -0.15) is 0 Å². The zero-order chi connectivity index (χ0) is 15.6. The Balaban J connectivity index is 2.47. The molecule has 2 rings (SSSR count). The molecule has 1 N–H and O–H groups in total. The first-order valence-corrected chi connectivity index (χ1v) is 7.28. The number of ether oxygens (including phenoxy) is 2. The van der Waals surface area contributed by atoms with Gasteiger partial charge < -0.3 is 14.6 Å². The van der Waals surface area contributed by atoms with Gasteiger partial charge in [0.05, 0.1) is 28.3 Å². The molecule has 112 valence electrons. The Morgan fingerprint density at radius 1 is 1.24 bits per heavy atom. The maximum Gasteiger partial charge on any atom is 0.145 e. The molecule has 0 amide bonds. The Hall–Kier alpha value is -1.30.